The van der Waals surface area contributed by atoms with Crippen LogP contribution in [-0.4, -0.2) is 24.8 Å². The number of ether oxygens (including phenoxy) is 1. The van der Waals surface area contributed by atoms with Crippen molar-refractivity contribution in [2.45, 2.75) is 64.2 Å². The third-order valence-electron chi connectivity index (χ3n) is 6.17. The standard InChI is InChI=1S/C25H33N3O3S/c1-4-7-19(5-2)28-23-16-20(31-6-3)12-15-22(23)24(26)25(28)17-8-10-18(11-9-17)27-32(29,30)21-13-14-21/h8-12,15-16,19,21,27H,4-7,13-14,26H2,1-3H3. The zero-order valence-electron chi connectivity index (χ0n) is 19.1. The molecule has 0 bridgehead atoms. The van der Waals surface area contributed by atoms with Gasteiger partial charge in [0.1, 0.15) is 5.75 Å². The van der Waals surface area contributed by atoms with Gasteiger partial charge in [0.25, 0.3) is 0 Å². The summed E-state index contributed by atoms with van der Waals surface area (Å²) in [4.78, 5) is 0. The summed E-state index contributed by atoms with van der Waals surface area (Å²) in [6.07, 6.45) is 4.59. The second-order valence-electron chi connectivity index (χ2n) is 8.52. The molecule has 172 valence electrons. The average Bonchev–Trinajstić information content (AvgIpc) is 3.59. The van der Waals surface area contributed by atoms with Crippen LogP contribution < -0.4 is 15.2 Å². The number of nitrogens with two attached hydrogens (primary N) is 1. The fourth-order valence-electron chi connectivity index (χ4n) is 4.42. The van der Waals surface area contributed by atoms with Crippen LogP contribution >= 0.6 is 0 Å². The zero-order valence-corrected chi connectivity index (χ0v) is 19.9. The minimum atomic E-state index is -3.28. The molecular formula is C25H33N3O3S. The minimum absolute atomic E-state index is 0.251. The summed E-state index contributed by atoms with van der Waals surface area (Å²) in [5.74, 6) is 0.835. The van der Waals surface area contributed by atoms with Gasteiger partial charge in [-0.05, 0) is 56.9 Å². The van der Waals surface area contributed by atoms with Gasteiger partial charge in [-0.3, -0.25) is 4.72 Å². The summed E-state index contributed by atoms with van der Waals surface area (Å²) in [5.41, 5.74) is 11.0. The first-order valence-electron chi connectivity index (χ1n) is 11.6. The monoisotopic (exact) mass is 455 g/mol. The maximum Gasteiger partial charge on any atom is 0.235 e. The highest BCUT2D eigenvalue weighted by molar-refractivity contribution is 7.93. The van der Waals surface area contributed by atoms with Crippen LogP contribution in [0.1, 0.15) is 58.9 Å². The number of nitrogens with zero attached hydrogens (tertiary/aromatic N) is 1. The van der Waals surface area contributed by atoms with Crippen LogP contribution in [0.15, 0.2) is 42.5 Å². The molecule has 0 aliphatic heterocycles. The van der Waals surface area contributed by atoms with Gasteiger partial charge in [-0.25, -0.2) is 8.42 Å². The first kappa shape index (κ1) is 22.5. The van der Waals surface area contributed by atoms with E-state index >= 15 is 0 Å². The SMILES string of the molecule is CCCC(CC)n1c(-c2ccc(NS(=O)(=O)C3CC3)cc2)c(N)c2ccc(OCC)cc21. The molecule has 2 aromatic carbocycles. The number of benzene rings is 2. The van der Waals surface area contributed by atoms with E-state index < -0.39 is 10.0 Å². The largest absolute Gasteiger partial charge is 0.494 e. The molecule has 1 aliphatic rings. The van der Waals surface area contributed by atoms with E-state index in [2.05, 4.69) is 29.2 Å². The van der Waals surface area contributed by atoms with Crippen LogP contribution in [0, 0.1) is 0 Å². The van der Waals surface area contributed by atoms with Gasteiger partial charge in [0, 0.05) is 28.7 Å². The van der Waals surface area contributed by atoms with E-state index in [0.29, 0.717) is 18.3 Å². The highest BCUT2D eigenvalue weighted by Crippen LogP contribution is 2.42. The summed E-state index contributed by atoms with van der Waals surface area (Å²) >= 11 is 0. The fourth-order valence-corrected chi connectivity index (χ4v) is 5.81. The van der Waals surface area contributed by atoms with Crippen molar-refractivity contribution in [3.8, 4) is 17.0 Å². The molecule has 1 aliphatic carbocycles. The molecule has 4 rings (SSSR count). The van der Waals surface area contributed by atoms with E-state index in [0.717, 1.165) is 65.7 Å². The van der Waals surface area contributed by atoms with Crippen molar-refractivity contribution >= 4 is 32.3 Å². The molecule has 32 heavy (non-hydrogen) atoms. The molecule has 0 amide bonds. The van der Waals surface area contributed by atoms with Crippen molar-refractivity contribution in [2.24, 2.45) is 0 Å². The Morgan fingerprint density at radius 1 is 1.12 bits per heavy atom. The Morgan fingerprint density at radius 2 is 1.84 bits per heavy atom. The molecule has 3 N–H and O–H groups in total. The van der Waals surface area contributed by atoms with Gasteiger partial charge in [0.05, 0.1) is 28.8 Å². The van der Waals surface area contributed by atoms with Gasteiger partial charge in [0.2, 0.25) is 10.0 Å². The van der Waals surface area contributed by atoms with E-state index in [9.17, 15) is 8.42 Å². The lowest BCUT2D eigenvalue weighted by Crippen LogP contribution is -2.17. The molecule has 7 heteroatoms. The van der Waals surface area contributed by atoms with Gasteiger partial charge >= 0.3 is 0 Å². The number of nitrogen functional groups attached to an aromatic ring is 1. The first-order valence-corrected chi connectivity index (χ1v) is 13.1. The number of nitrogens with one attached hydrogen (secondary N) is 1. The lowest BCUT2D eigenvalue weighted by molar-refractivity contribution is 0.340. The highest BCUT2D eigenvalue weighted by Gasteiger charge is 2.35. The predicted octanol–water partition coefficient (Wildman–Crippen LogP) is 5.94. The van der Waals surface area contributed by atoms with Gasteiger partial charge < -0.3 is 15.0 Å². The summed E-state index contributed by atoms with van der Waals surface area (Å²) in [6.45, 7) is 6.99. The third-order valence-corrected chi connectivity index (χ3v) is 8.04. The Kier molecular flexibility index (Phi) is 6.38. The van der Waals surface area contributed by atoms with Crippen LogP contribution in [0.25, 0.3) is 22.2 Å². The predicted molar refractivity (Wildman–Crippen MR) is 133 cm³/mol. The van der Waals surface area contributed by atoms with Crippen LogP contribution in [0.3, 0.4) is 0 Å². The van der Waals surface area contributed by atoms with Crippen molar-refractivity contribution in [1.82, 2.24) is 4.57 Å². The van der Waals surface area contributed by atoms with Crippen molar-refractivity contribution in [1.29, 1.82) is 0 Å². The summed E-state index contributed by atoms with van der Waals surface area (Å²) < 4.78 is 35.4. The number of hydrogen-bond acceptors (Lipinski definition) is 4. The van der Waals surface area contributed by atoms with Crippen LogP contribution in [0.5, 0.6) is 5.75 Å². The number of sulfonamides is 1. The van der Waals surface area contributed by atoms with E-state index in [4.69, 9.17) is 10.5 Å². The minimum Gasteiger partial charge on any atom is -0.494 e. The molecule has 1 aromatic heterocycles. The number of rotatable bonds is 10. The number of aromatic nitrogens is 1. The molecule has 0 spiro atoms. The maximum atomic E-state index is 12.3. The van der Waals surface area contributed by atoms with Crippen LogP contribution in [-0.2, 0) is 10.0 Å². The van der Waals surface area contributed by atoms with Crippen LogP contribution in [0.4, 0.5) is 11.4 Å². The van der Waals surface area contributed by atoms with E-state index in [-0.39, 0.29) is 5.25 Å². The second-order valence-corrected chi connectivity index (χ2v) is 10.5. The highest BCUT2D eigenvalue weighted by atomic mass is 32.2. The second kappa shape index (κ2) is 9.06. The zero-order chi connectivity index (χ0) is 22.9. The van der Waals surface area contributed by atoms with E-state index in [1.807, 2.05) is 43.3 Å². The van der Waals surface area contributed by atoms with Gasteiger partial charge in [0.15, 0.2) is 0 Å². The van der Waals surface area contributed by atoms with Crippen molar-refractivity contribution in [2.75, 3.05) is 17.1 Å². The Hall–Kier alpha value is -2.67. The Labute approximate surface area is 190 Å². The van der Waals surface area contributed by atoms with Crippen molar-refractivity contribution in [3.63, 3.8) is 0 Å². The van der Waals surface area contributed by atoms with E-state index in [1.165, 1.54) is 0 Å². The smallest absolute Gasteiger partial charge is 0.235 e. The molecule has 3 aromatic rings. The van der Waals surface area contributed by atoms with Gasteiger partial charge in [-0.2, -0.15) is 0 Å². The molecule has 1 unspecified atom stereocenters. The molecular weight excluding hydrogens is 422 g/mol. The van der Waals surface area contributed by atoms with E-state index in [1.54, 1.807) is 0 Å². The topological polar surface area (TPSA) is 86.4 Å². The molecule has 6 nitrogen and oxygen atoms in total. The number of hydrogen-bond donors (Lipinski definition) is 2. The van der Waals surface area contributed by atoms with Crippen molar-refractivity contribution in [3.05, 3.63) is 42.5 Å². The quantitative estimate of drug-likeness (QED) is 0.396. The lowest BCUT2D eigenvalue weighted by Gasteiger charge is -2.22. The molecule has 1 fully saturated rings. The molecule has 0 saturated heterocycles. The summed E-state index contributed by atoms with van der Waals surface area (Å²) in [7, 11) is -3.28. The fraction of sp³-hybridized carbons (Fsp3) is 0.440. The number of fused-ring (bicyclic) bond motifs is 1. The maximum absolute atomic E-state index is 12.3. The Balaban J connectivity index is 1.80. The third kappa shape index (κ3) is 4.31. The lowest BCUT2D eigenvalue weighted by atomic mass is 10.1. The molecule has 1 saturated carbocycles. The normalized spacial score (nSPS) is 15.1. The van der Waals surface area contributed by atoms with Gasteiger partial charge in [-0.15, -0.1) is 0 Å². The molecule has 0 radical (unpaired) electrons. The number of anilines is 2. The first-order chi connectivity index (χ1) is 15.4. The molecule has 1 heterocycles. The van der Waals surface area contributed by atoms with Crippen molar-refractivity contribution < 1.29 is 13.2 Å². The Bertz CT molecular complexity index is 1200. The van der Waals surface area contributed by atoms with Crippen LogP contribution in [0.2, 0.25) is 0 Å². The summed E-state index contributed by atoms with van der Waals surface area (Å²) in [5, 5.41) is 0.760. The average molecular weight is 456 g/mol. The summed E-state index contributed by atoms with van der Waals surface area (Å²) in [6, 6.07) is 13.9. The molecule has 1 atom stereocenters. The van der Waals surface area contributed by atoms with Gasteiger partial charge in [-0.1, -0.05) is 32.4 Å². The Morgan fingerprint density at radius 3 is 2.44 bits per heavy atom.